The highest BCUT2D eigenvalue weighted by atomic mass is 16.3. The summed E-state index contributed by atoms with van der Waals surface area (Å²) in [5.74, 6) is -0.358. The molecule has 0 aromatic carbocycles. The summed E-state index contributed by atoms with van der Waals surface area (Å²) in [5, 5.41) is 12.6. The number of hydrogen-bond donors (Lipinski definition) is 3. The Hall–Kier alpha value is -1.14. The minimum absolute atomic E-state index is 0.0325. The van der Waals surface area contributed by atoms with Crippen LogP contribution in [0.4, 0.5) is 0 Å². The van der Waals surface area contributed by atoms with Crippen LogP contribution in [0.15, 0.2) is 0 Å². The van der Waals surface area contributed by atoms with Gasteiger partial charge in [-0.1, -0.05) is 27.7 Å². The highest BCUT2D eigenvalue weighted by Gasteiger charge is 2.45. The summed E-state index contributed by atoms with van der Waals surface area (Å²) in [6.07, 6.45) is 0. The van der Waals surface area contributed by atoms with Crippen molar-refractivity contribution in [3.05, 3.63) is 0 Å². The van der Waals surface area contributed by atoms with Crippen LogP contribution in [0.25, 0.3) is 0 Å². The first-order chi connectivity index (χ1) is 8.67. The zero-order chi connectivity index (χ0) is 14.8. The molecular formula is C13H25N3O3. The van der Waals surface area contributed by atoms with Gasteiger partial charge in [-0.3, -0.25) is 9.59 Å². The van der Waals surface area contributed by atoms with Gasteiger partial charge in [-0.2, -0.15) is 0 Å². The van der Waals surface area contributed by atoms with Gasteiger partial charge >= 0.3 is 0 Å². The van der Waals surface area contributed by atoms with Crippen LogP contribution in [0, 0.1) is 11.8 Å². The lowest BCUT2D eigenvalue weighted by Crippen LogP contribution is -2.67. The molecule has 0 aliphatic carbocycles. The molecule has 2 amide bonds. The summed E-state index contributed by atoms with van der Waals surface area (Å²) in [7, 11) is 0. The van der Waals surface area contributed by atoms with Crippen LogP contribution in [0.2, 0.25) is 0 Å². The van der Waals surface area contributed by atoms with Crippen LogP contribution in [-0.2, 0) is 9.59 Å². The number of β-amino-alcohol motifs (C(OH)–C–C–N with tert-alkyl or cyclic N) is 1. The second kappa shape index (κ2) is 5.88. The summed E-state index contributed by atoms with van der Waals surface area (Å²) in [6, 6.07) is -0.600. The third-order valence-corrected chi connectivity index (χ3v) is 3.79. The van der Waals surface area contributed by atoms with Crippen LogP contribution in [0.1, 0.15) is 27.7 Å². The maximum atomic E-state index is 11.8. The summed E-state index contributed by atoms with van der Waals surface area (Å²) in [6.45, 7) is 8.14. The summed E-state index contributed by atoms with van der Waals surface area (Å²) >= 11 is 0. The van der Waals surface area contributed by atoms with E-state index in [1.165, 1.54) is 0 Å². The van der Waals surface area contributed by atoms with Crippen molar-refractivity contribution in [2.24, 2.45) is 17.6 Å². The molecule has 0 aromatic rings. The second-order valence-corrected chi connectivity index (χ2v) is 6.00. The molecule has 0 bridgehead atoms. The van der Waals surface area contributed by atoms with E-state index < -0.39 is 11.6 Å². The second-order valence-electron chi connectivity index (χ2n) is 6.00. The number of carbonyl (C=O) groups is 2. The minimum atomic E-state index is -0.784. The van der Waals surface area contributed by atoms with E-state index in [1.807, 2.05) is 27.7 Å². The molecule has 4 N–H and O–H groups in total. The molecule has 1 saturated heterocycles. The van der Waals surface area contributed by atoms with Gasteiger partial charge < -0.3 is 21.1 Å². The van der Waals surface area contributed by atoms with Gasteiger partial charge in [0.15, 0.2) is 0 Å². The molecule has 110 valence electrons. The monoisotopic (exact) mass is 271 g/mol. The van der Waals surface area contributed by atoms with E-state index in [1.54, 1.807) is 4.90 Å². The van der Waals surface area contributed by atoms with Crippen molar-refractivity contribution in [2.75, 3.05) is 19.6 Å². The van der Waals surface area contributed by atoms with E-state index in [-0.39, 0.29) is 30.2 Å². The number of carbonyl (C=O) groups excluding carboxylic acids is 2. The number of hydrogen-bond acceptors (Lipinski definition) is 4. The first kappa shape index (κ1) is 15.9. The normalized spacial score (nSPS) is 19.3. The van der Waals surface area contributed by atoms with Crippen molar-refractivity contribution in [3.63, 3.8) is 0 Å². The van der Waals surface area contributed by atoms with Crippen LogP contribution >= 0.6 is 0 Å². The molecule has 0 unspecified atom stereocenters. The molecule has 19 heavy (non-hydrogen) atoms. The number of aliphatic hydroxyl groups is 1. The quantitative estimate of drug-likeness (QED) is 0.617. The van der Waals surface area contributed by atoms with Crippen molar-refractivity contribution < 1.29 is 14.7 Å². The molecule has 1 aliphatic heterocycles. The maximum Gasteiger partial charge on any atom is 0.242 e. The van der Waals surface area contributed by atoms with Gasteiger partial charge in [0.2, 0.25) is 11.8 Å². The molecule has 1 aliphatic rings. The van der Waals surface area contributed by atoms with E-state index >= 15 is 0 Å². The molecule has 6 nitrogen and oxygen atoms in total. The van der Waals surface area contributed by atoms with Crippen molar-refractivity contribution in [3.8, 4) is 0 Å². The zero-order valence-electron chi connectivity index (χ0n) is 12.1. The van der Waals surface area contributed by atoms with Gasteiger partial charge in [0, 0.05) is 0 Å². The summed E-state index contributed by atoms with van der Waals surface area (Å²) < 4.78 is 0. The number of nitrogens with two attached hydrogens (primary N) is 1. The average molecular weight is 271 g/mol. The molecule has 6 heteroatoms. The number of amides is 2. The lowest BCUT2D eigenvalue weighted by Gasteiger charge is -2.49. The van der Waals surface area contributed by atoms with Crippen molar-refractivity contribution in [2.45, 2.75) is 39.3 Å². The molecule has 0 radical (unpaired) electrons. The van der Waals surface area contributed by atoms with Crippen molar-refractivity contribution in [1.29, 1.82) is 0 Å². The molecule has 0 aromatic heterocycles. The van der Waals surface area contributed by atoms with Gasteiger partial charge in [0.1, 0.15) is 5.60 Å². The highest BCUT2D eigenvalue weighted by Crippen LogP contribution is 2.28. The lowest BCUT2D eigenvalue weighted by molar-refractivity contribution is -0.163. The first-order valence-electron chi connectivity index (χ1n) is 6.71. The molecule has 0 spiro atoms. The van der Waals surface area contributed by atoms with E-state index in [4.69, 9.17) is 5.73 Å². The number of nitrogens with one attached hydrogen (secondary N) is 1. The molecule has 1 rings (SSSR count). The SMILES string of the molecule is CC(C)[C@H](N)C(=O)NCC(=O)N1CC(O)(C(C)C)C1. The Morgan fingerprint density at radius 1 is 1.32 bits per heavy atom. The Morgan fingerprint density at radius 2 is 1.84 bits per heavy atom. The van der Waals surface area contributed by atoms with E-state index in [0.717, 1.165) is 0 Å². The molecule has 1 atom stereocenters. The Balaban J connectivity index is 2.33. The average Bonchev–Trinajstić information content (AvgIpc) is 2.29. The zero-order valence-corrected chi connectivity index (χ0v) is 12.1. The van der Waals surface area contributed by atoms with Gasteiger partial charge in [-0.15, -0.1) is 0 Å². The van der Waals surface area contributed by atoms with Crippen LogP contribution in [0.5, 0.6) is 0 Å². The fourth-order valence-corrected chi connectivity index (χ4v) is 1.85. The Bertz CT molecular complexity index is 349. The van der Waals surface area contributed by atoms with Gasteiger partial charge in [-0.25, -0.2) is 0 Å². The third-order valence-electron chi connectivity index (χ3n) is 3.79. The number of rotatable bonds is 5. The Kier molecular flexibility index (Phi) is 4.92. The van der Waals surface area contributed by atoms with Gasteiger partial charge in [0.25, 0.3) is 0 Å². The Labute approximate surface area is 114 Å². The fourth-order valence-electron chi connectivity index (χ4n) is 1.85. The maximum absolute atomic E-state index is 11.8. The lowest BCUT2D eigenvalue weighted by atomic mass is 9.83. The van der Waals surface area contributed by atoms with E-state index in [2.05, 4.69) is 5.32 Å². The van der Waals surface area contributed by atoms with Crippen molar-refractivity contribution in [1.82, 2.24) is 10.2 Å². The largest absolute Gasteiger partial charge is 0.386 e. The Morgan fingerprint density at radius 3 is 2.26 bits per heavy atom. The van der Waals surface area contributed by atoms with E-state index in [9.17, 15) is 14.7 Å². The molecule has 1 heterocycles. The topological polar surface area (TPSA) is 95.7 Å². The third kappa shape index (κ3) is 3.67. The number of nitrogens with zero attached hydrogens (tertiary/aromatic N) is 1. The van der Waals surface area contributed by atoms with Gasteiger partial charge in [0.05, 0.1) is 25.7 Å². The minimum Gasteiger partial charge on any atom is -0.386 e. The summed E-state index contributed by atoms with van der Waals surface area (Å²) in [5.41, 5.74) is 4.89. The van der Waals surface area contributed by atoms with Crippen molar-refractivity contribution >= 4 is 11.8 Å². The van der Waals surface area contributed by atoms with Crippen LogP contribution < -0.4 is 11.1 Å². The molecule has 0 saturated carbocycles. The van der Waals surface area contributed by atoms with Gasteiger partial charge in [-0.05, 0) is 11.8 Å². The predicted molar refractivity (Wildman–Crippen MR) is 72.2 cm³/mol. The van der Waals surface area contributed by atoms with Crippen LogP contribution in [-0.4, -0.2) is 53.1 Å². The fraction of sp³-hybridized carbons (Fsp3) is 0.846. The van der Waals surface area contributed by atoms with E-state index in [0.29, 0.717) is 13.1 Å². The predicted octanol–water partition coefficient (Wildman–Crippen LogP) is -0.685. The number of likely N-dealkylation sites (tertiary alicyclic amines) is 1. The van der Waals surface area contributed by atoms with Crippen LogP contribution in [0.3, 0.4) is 0 Å². The molecular weight excluding hydrogens is 246 g/mol. The standard InChI is InChI=1S/C13H25N3O3/c1-8(2)11(14)12(18)15-5-10(17)16-6-13(19,7-16)9(3)4/h8-9,11,19H,5-7,14H2,1-4H3,(H,15,18)/t11-/m0/s1. The highest BCUT2D eigenvalue weighted by molar-refractivity contribution is 5.87. The first-order valence-corrected chi connectivity index (χ1v) is 6.71. The smallest absolute Gasteiger partial charge is 0.242 e. The molecule has 1 fully saturated rings. The summed E-state index contributed by atoms with van der Waals surface area (Å²) in [4.78, 5) is 24.9.